The number of carbonyl (C=O) groups is 2. The molecule has 1 saturated carbocycles. The molecule has 2 fully saturated rings. The average molecular weight is 356 g/mol. The molecular formula is C20H28N4O2. The van der Waals surface area contributed by atoms with Crippen molar-refractivity contribution in [2.24, 2.45) is 0 Å². The number of piperazine rings is 1. The lowest BCUT2D eigenvalue weighted by molar-refractivity contribution is -0.124. The van der Waals surface area contributed by atoms with E-state index in [1.165, 1.54) is 5.56 Å². The Balaban J connectivity index is 1.25. The van der Waals surface area contributed by atoms with E-state index in [0.717, 1.165) is 64.1 Å². The summed E-state index contributed by atoms with van der Waals surface area (Å²) in [5.74, 6) is 0.332. The molecule has 26 heavy (non-hydrogen) atoms. The fraction of sp³-hybridized carbons (Fsp3) is 0.600. The van der Waals surface area contributed by atoms with Crippen LogP contribution < -0.4 is 10.2 Å². The highest BCUT2D eigenvalue weighted by Crippen LogP contribution is 2.26. The molecular weight excluding hydrogens is 328 g/mol. The van der Waals surface area contributed by atoms with E-state index in [1.807, 2.05) is 17.0 Å². The maximum absolute atomic E-state index is 12.8. The lowest BCUT2D eigenvalue weighted by Gasteiger charge is -2.36. The molecule has 1 aromatic carbocycles. The SMILES string of the molecule is O=C(CN1CCN(CC(=O)N2CCCc3ccccc32)CC1)NC1CC1. The van der Waals surface area contributed by atoms with Crippen LogP contribution in [0.4, 0.5) is 5.69 Å². The monoisotopic (exact) mass is 356 g/mol. The van der Waals surface area contributed by atoms with Gasteiger partial charge in [-0.05, 0) is 37.3 Å². The quantitative estimate of drug-likeness (QED) is 0.850. The Bertz CT molecular complexity index is 666. The Morgan fingerprint density at radius 2 is 1.65 bits per heavy atom. The number of hydrogen-bond acceptors (Lipinski definition) is 4. The van der Waals surface area contributed by atoms with Gasteiger partial charge in [0.2, 0.25) is 11.8 Å². The van der Waals surface area contributed by atoms with Crippen molar-refractivity contribution in [2.45, 2.75) is 31.7 Å². The number of para-hydroxylation sites is 1. The molecule has 2 aliphatic heterocycles. The minimum atomic E-state index is 0.141. The van der Waals surface area contributed by atoms with E-state index >= 15 is 0 Å². The molecule has 0 spiro atoms. The minimum absolute atomic E-state index is 0.141. The van der Waals surface area contributed by atoms with E-state index in [-0.39, 0.29) is 11.8 Å². The van der Waals surface area contributed by atoms with Gasteiger partial charge in [0.25, 0.3) is 0 Å². The number of rotatable bonds is 5. The number of nitrogens with one attached hydrogen (secondary N) is 1. The number of amides is 2. The van der Waals surface area contributed by atoms with Crippen molar-refractivity contribution in [3.8, 4) is 0 Å². The lowest BCUT2D eigenvalue weighted by Crippen LogP contribution is -2.52. The Hall–Kier alpha value is -1.92. The molecule has 0 bridgehead atoms. The lowest BCUT2D eigenvalue weighted by atomic mass is 10.0. The highest BCUT2D eigenvalue weighted by atomic mass is 16.2. The molecule has 0 unspecified atom stereocenters. The van der Waals surface area contributed by atoms with Gasteiger partial charge in [0.1, 0.15) is 0 Å². The normalized spacial score (nSPS) is 21.3. The smallest absolute Gasteiger partial charge is 0.241 e. The van der Waals surface area contributed by atoms with Gasteiger partial charge in [0.15, 0.2) is 0 Å². The van der Waals surface area contributed by atoms with Gasteiger partial charge in [0, 0.05) is 44.5 Å². The van der Waals surface area contributed by atoms with Gasteiger partial charge in [-0.3, -0.25) is 19.4 Å². The zero-order valence-electron chi connectivity index (χ0n) is 15.3. The van der Waals surface area contributed by atoms with Crippen molar-refractivity contribution in [2.75, 3.05) is 50.7 Å². The summed E-state index contributed by atoms with van der Waals surface area (Å²) < 4.78 is 0. The van der Waals surface area contributed by atoms with E-state index in [9.17, 15) is 9.59 Å². The fourth-order valence-corrected chi connectivity index (χ4v) is 3.88. The third-order valence-corrected chi connectivity index (χ3v) is 5.54. The molecule has 1 N–H and O–H groups in total. The number of anilines is 1. The molecule has 1 saturated heterocycles. The zero-order valence-corrected chi connectivity index (χ0v) is 15.3. The predicted molar refractivity (Wildman–Crippen MR) is 101 cm³/mol. The summed E-state index contributed by atoms with van der Waals surface area (Å²) in [4.78, 5) is 31.1. The van der Waals surface area contributed by atoms with Crippen molar-refractivity contribution in [3.05, 3.63) is 29.8 Å². The Kier molecular flexibility index (Phi) is 5.22. The molecule has 6 heteroatoms. The molecule has 0 radical (unpaired) electrons. The van der Waals surface area contributed by atoms with Gasteiger partial charge < -0.3 is 10.2 Å². The maximum atomic E-state index is 12.8. The van der Waals surface area contributed by atoms with E-state index in [1.54, 1.807) is 0 Å². The number of nitrogens with zero attached hydrogens (tertiary/aromatic N) is 3. The van der Waals surface area contributed by atoms with Crippen LogP contribution in [0.25, 0.3) is 0 Å². The van der Waals surface area contributed by atoms with Gasteiger partial charge in [-0.2, -0.15) is 0 Å². The number of aryl methyl sites for hydroxylation is 1. The van der Waals surface area contributed by atoms with Crippen LogP contribution in [0.15, 0.2) is 24.3 Å². The Morgan fingerprint density at radius 3 is 2.38 bits per heavy atom. The fourth-order valence-electron chi connectivity index (χ4n) is 3.88. The van der Waals surface area contributed by atoms with Crippen LogP contribution in [0.2, 0.25) is 0 Å². The van der Waals surface area contributed by atoms with Gasteiger partial charge in [-0.15, -0.1) is 0 Å². The van der Waals surface area contributed by atoms with Gasteiger partial charge in [-0.25, -0.2) is 0 Å². The Labute approximate surface area is 155 Å². The molecule has 4 rings (SSSR count). The van der Waals surface area contributed by atoms with E-state index in [2.05, 4.69) is 27.2 Å². The number of carbonyl (C=O) groups excluding carboxylic acids is 2. The first-order chi connectivity index (χ1) is 12.7. The van der Waals surface area contributed by atoms with Crippen molar-refractivity contribution in [1.82, 2.24) is 15.1 Å². The second-order valence-electron chi connectivity index (χ2n) is 7.67. The predicted octanol–water partition coefficient (Wildman–Crippen LogP) is 0.862. The van der Waals surface area contributed by atoms with Gasteiger partial charge in [0.05, 0.1) is 13.1 Å². The number of benzene rings is 1. The van der Waals surface area contributed by atoms with Crippen LogP contribution >= 0.6 is 0 Å². The van der Waals surface area contributed by atoms with Crippen molar-refractivity contribution in [1.29, 1.82) is 0 Å². The van der Waals surface area contributed by atoms with E-state index < -0.39 is 0 Å². The summed E-state index contributed by atoms with van der Waals surface area (Å²) in [5.41, 5.74) is 2.36. The first-order valence-electron chi connectivity index (χ1n) is 9.81. The molecule has 0 aromatic heterocycles. The molecule has 2 heterocycles. The summed E-state index contributed by atoms with van der Waals surface area (Å²) in [5, 5.41) is 3.04. The van der Waals surface area contributed by atoms with Crippen LogP contribution in [-0.4, -0.2) is 73.5 Å². The average Bonchev–Trinajstić information content (AvgIpc) is 3.46. The van der Waals surface area contributed by atoms with Gasteiger partial charge >= 0.3 is 0 Å². The first-order valence-corrected chi connectivity index (χ1v) is 9.81. The second kappa shape index (κ2) is 7.76. The molecule has 1 aliphatic carbocycles. The van der Waals surface area contributed by atoms with Crippen LogP contribution in [0.3, 0.4) is 0 Å². The number of hydrogen-bond donors (Lipinski definition) is 1. The highest BCUT2D eigenvalue weighted by Gasteiger charge is 2.27. The third-order valence-electron chi connectivity index (χ3n) is 5.54. The summed E-state index contributed by atoms with van der Waals surface area (Å²) in [6.45, 7) is 5.16. The molecule has 3 aliphatic rings. The molecule has 140 valence electrons. The largest absolute Gasteiger partial charge is 0.352 e. The maximum Gasteiger partial charge on any atom is 0.241 e. The summed E-state index contributed by atoms with van der Waals surface area (Å²) in [7, 11) is 0. The summed E-state index contributed by atoms with van der Waals surface area (Å²) >= 11 is 0. The van der Waals surface area contributed by atoms with E-state index in [0.29, 0.717) is 19.1 Å². The zero-order chi connectivity index (χ0) is 17.9. The topological polar surface area (TPSA) is 55.9 Å². The molecule has 1 aromatic rings. The standard InChI is InChI=1S/C20H28N4O2/c25-19(21-17-7-8-17)14-22-10-12-23(13-11-22)15-20(26)24-9-3-5-16-4-1-2-6-18(16)24/h1-2,4,6,17H,3,5,7-15H2,(H,21,25). The van der Waals surface area contributed by atoms with Crippen LogP contribution in [0.5, 0.6) is 0 Å². The van der Waals surface area contributed by atoms with Crippen LogP contribution in [0, 0.1) is 0 Å². The molecule has 0 atom stereocenters. The van der Waals surface area contributed by atoms with Gasteiger partial charge in [-0.1, -0.05) is 18.2 Å². The summed E-state index contributed by atoms with van der Waals surface area (Å²) in [6.07, 6.45) is 4.34. The van der Waals surface area contributed by atoms with Crippen LogP contribution in [-0.2, 0) is 16.0 Å². The number of fused-ring (bicyclic) bond motifs is 1. The minimum Gasteiger partial charge on any atom is -0.352 e. The van der Waals surface area contributed by atoms with E-state index in [4.69, 9.17) is 0 Å². The second-order valence-corrected chi connectivity index (χ2v) is 7.67. The van der Waals surface area contributed by atoms with Crippen molar-refractivity contribution >= 4 is 17.5 Å². The third kappa shape index (κ3) is 4.24. The van der Waals surface area contributed by atoms with Crippen molar-refractivity contribution < 1.29 is 9.59 Å². The highest BCUT2D eigenvalue weighted by molar-refractivity contribution is 5.96. The van der Waals surface area contributed by atoms with Crippen molar-refractivity contribution in [3.63, 3.8) is 0 Å². The molecule has 6 nitrogen and oxygen atoms in total. The Morgan fingerprint density at radius 1 is 0.962 bits per heavy atom. The first kappa shape index (κ1) is 17.5. The summed E-state index contributed by atoms with van der Waals surface area (Å²) in [6, 6.07) is 8.67. The molecule has 2 amide bonds. The van der Waals surface area contributed by atoms with Crippen LogP contribution in [0.1, 0.15) is 24.8 Å².